The molecule has 0 saturated heterocycles. The van der Waals surface area contributed by atoms with Crippen molar-refractivity contribution in [2.45, 2.75) is 33.2 Å². The minimum Gasteiger partial charge on any atom is -0.341 e. The first-order valence-electron chi connectivity index (χ1n) is 7.10. The van der Waals surface area contributed by atoms with Gasteiger partial charge in [-0.05, 0) is 42.5 Å². The van der Waals surface area contributed by atoms with Crippen LogP contribution in [0.1, 0.15) is 32.3 Å². The monoisotopic (exact) mass is 340 g/mol. The van der Waals surface area contributed by atoms with E-state index in [1.165, 1.54) is 0 Å². The zero-order valence-electron chi connectivity index (χ0n) is 12.6. The summed E-state index contributed by atoms with van der Waals surface area (Å²) in [4.78, 5) is 14.0. The quantitative estimate of drug-likeness (QED) is 0.826. The van der Waals surface area contributed by atoms with Crippen LogP contribution in [0.5, 0.6) is 0 Å². The summed E-state index contributed by atoms with van der Waals surface area (Å²) in [5.41, 5.74) is 6.90. The van der Waals surface area contributed by atoms with Crippen LogP contribution in [-0.4, -0.2) is 24.4 Å². The third kappa shape index (κ3) is 6.06. The van der Waals surface area contributed by atoms with Gasteiger partial charge in [-0.25, -0.2) is 0 Å². The lowest BCUT2D eigenvalue weighted by Gasteiger charge is -2.22. The minimum atomic E-state index is 0.170. The maximum atomic E-state index is 12.2. The summed E-state index contributed by atoms with van der Waals surface area (Å²) in [6, 6.07) is 8.05. The Morgan fingerprint density at radius 2 is 1.90 bits per heavy atom. The average molecular weight is 341 g/mol. The fourth-order valence-electron chi connectivity index (χ4n) is 2.28. The molecule has 0 fully saturated rings. The molecular formula is C16H25BrN2O. The van der Waals surface area contributed by atoms with E-state index in [0.717, 1.165) is 16.5 Å². The van der Waals surface area contributed by atoms with E-state index < -0.39 is 0 Å². The Hall–Kier alpha value is -0.870. The second kappa shape index (κ2) is 8.42. The van der Waals surface area contributed by atoms with E-state index in [-0.39, 0.29) is 11.8 Å². The summed E-state index contributed by atoms with van der Waals surface area (Å²) < 4.78 is 1.05. The average Bonchev–Trinajstić information content (AvgIpc) is 2.39. The lowest BCUT2D eigenvalue weighted by Crippen LogP contribution is -2.30. The summed E-state index contributed by atoms with van der Waals surface area (Å²) in [6.45, 7) is 5.55. The fourth-order valence-corrected chi connectivity index (χ4v) is 2.55. The van der Waals surface area contributed by atoms with Crippen molar-refractivity contribution < 1.29 is 4.79 Å². The number of hydrogen-bond acceptors (Lipinski definition) is 2. The van der Waals surface area contributed by atoms with Crippen molar-refractivity contribution in [3.8, 4) is 0 Å². The highest BCUT2D eigenvalue weighted by Crippen LogP contribution is 2.17. The van der Waals surface area contributed by atoms with Crippen molar-refractivity contribution in [3.05, 3.63) is 34.3 Å². The van der Waals surface area contributed by atoms with Crippen LogP contribution >= 0.6 is 15.9 Å². The molecule has 1 rings (SSSR count). The molecule has 112 valence electrons. The number of nitrogens with two attached hydrogens (primary N) is 1. The molecule has 0 aromatic heterocycles. The number of carbonyl (C=O) groups is 1. The number of halogens is 1. The van der Waals surface area contributed by atoms with Gasteiger partial charge in [-0.2, -0.15) is 0 Å². The summed E-state index contributed by atoms with van der Waals surface area (Å²) in [7, 11) is 1.85. The van der Waals surface area contributed by atoms with Crippen molar-refractivity contribution in [2.24, 2.45) is 17.6 Å². The van der Waals surface area contributed by atoms with Gasteiger partial charge in [0.1, 0.15) is 0 Å². The van der Waals surface area contributed by atoms with Crippen LogP contribution in [0.4, 0.5) is 0 Å². The molecule has 0 aliphatic carbocycles. The molecule has 0 radical (unpaired) electrons. The third-order valence-electron chi connectivity index (χ3n) is 3.36. The van der Waals surface area contributed by atoms with Crippen molar-refractivity contribution in [3.63, 3.8) is 0 Å². The SMILES string of the molecule is CC(C)CC(CN)CC(=O)N(C)Cc1ccc(Br)cc1. The molecule has 1 amide bonds. The maximum absolute atomic E-state index is 12.2. The lowest BCUT2D eigenvalue weighted by atomic mass is 9.94. The van der Waals surface area contributed by atoms with E-state index in [2.05, 4.69) is 29.8 Å². The van der Waals surface area contributed by atoms with Crippen molar-refractivity contribution in [1.29, 1.82) is 0 Å². The van der Waals surface area contributed by atoms with Crippen molar-refractivity contribution in [1.82, 2.24) is 4.90 Å². The van der Waals surface area contributed by atoms with E-state index >= 15 is 0 Å². The van der Waals surface area contributed by atoms with Crippen LogP contribution in [0.15, 0.2) is 28.7 Å². The molecule has 1 atom stereocenters. The second-order valence-corrected chi connectivity index (χ2v) is 6.73. The summed E-state index contributed by atoms with van der Waals surface area (Å²) in [5, 5.41) is 0. The van der Waals surface area contributed by atoms with E-state index in [1.807, 2.05) is 31.3 Å². The highest BCUT2D eigenvalue weighted by molar-refractivity contribution is 9.10. The predicted molar refractivity (Wildman–Crippen MR) is 87.2 cm³/mol. The van der Waals surface area contributed by atoms with Gasteiger partial charge < -0.3 is 10.6 Å². The van der Waals surface area contributed by atoms with Crippen LogP contribution < -0.4 is 5.73 Å². The Bertz CT molecular complexity index is 417. The highest BCUT2D eigenvalue weighted by atomic mass is 79.9. The molecule has 2 N–H and O–H groups in total. The third-order valence-corrected chi connectivity index (χ3v) is 3.89. The Kier molecular flexibility index (Phi) is 7.24. The zero-order valence-corrected chi connectivity index (χ0v) is 14.2. The molecule has 0 spiro atoms. The van der Waals surface area contributed by atoms with Crippen LogP contribution in [-0.2, 0) is 11.3 Å². The van der Waals surface area contributed by atoms with Gasteiger partial charge in [-0.15, -0.1) is 0 Å². The molecule has 1 unspecified atom stereocenters. The number of carbonyl (C=O) groups excluding carboxylic acids is 1. The van der Waals surface area contributed by atoms with Gasteiger partial charge >= 0.3 is 0 Å². The van der Waals surface area contributed by atoms with Crippen molar-refractivity contribution >= 4 is 21.8 Å². The Labute approximate surface area is 130 Å². The largest absolute Gasteiger partial charge is 0.341 e. The predicted octanol–water partition coefficient (Wildman–Crippen LogP) is 3.42. The molecule has 0 aliphatic rings. The van der Waals surface area contributed by atoms with Gasteiger partial charge in [0.25, 0.3) is 0 Å². The van der Waals surface area contributed by atoms with Crippen LogP contribution in [0.3, 0.4) is 0 Å². The molecule has 4 heteroatoms. The fraction of sp³-hybridized carbons (Fsp3) is 0.562. The molecule has 0 aliphatic heterocycles. The summed E-state index contributed by atoms with van der Waals surface area (Å²) in [6.07, 6.45) is 1.55. The molecule has 0 saturated carbocycles. The van der Waals surface area contributed by atoms with Crippen LogP contribution in [0.25, 0.3) is 0 Å². The normalized spacial score (nSPS) is 12.5. The molecule has 0 heterocycles. The van der Waals surface area contributed by atoms with Crippen LogP contribution in [0.2, 0.25) is 0 Å². The van der Waals surface area contributed by atoms with Gasteiger partial charge in [0.2, 0.25) is 5.91 Å². The first-order chi connectivity index (χ1) is 9.42. The number of nitrogens with zero attached hydrogens (tertiary/aromatic N) is 1. The molecule has 1 aromatic carbocycles. The second-order valence-electron chi connectivity index (χ2n) is 5.81. The smallest absolute Gasteiger partial charge is 0.222 e. The molecule has 0 bridgehead atoms. The van der Waals surface area contributed by atoms with E-state index in [0.29, 0.717) is 25.4 Å². The highest BCUT2D eigenvalue weighted by Gasteiger charge is 2.17. The van der Waals surface area contributed by atoms with Gasteiger partial charge in [-0.3, -0.25) is 4.79 Å². The maximum Gasteiger partial charge on any atom is 0.222 e. The van der Waals surface area contributed by atoms with E-state index in [9.17, 15) is 4.79 Å². The van der Waals surface area contributed by atoms with Gasteiger partial charge in [0, 0.05) is 24.5 Å². The van der Waals surface area contributed by atoms with Gasteiger partial charge in [-0.1, -0.05) is 41.9 Å². The number of benzene rings is 1. The van der Waals surface area contributed by atoms with Gasteiger partial charge in [0.15, 0.2) is 0 Å². The Morgan fingerprint density at radius 1 is 1.30 bits per heavy atom. The van der Waals surface area contributed by atoms with E-state index in [1.54, 1.807) is 4.90 Å². The first kappa shape index (κ1) is 17.2. The standard InChI is InChI=1S/C16H25BrN2O/c1-12(2)8-14(10-18)9-16(20)19(3)11-13-4-6-15(17)7-5-13/h4-7,12,14H,8-11,18H2,1-3H3. The van der Waals surface area contributed by atoms with E-state index in [4.69, 9.17) is 5.73 Å². The minimum absolute atomic E-state index is 0.170. The molecule has 3 nitrogen and oxygen atoms in total. The van der Waals surface area contributed by atoms with Crippen LogP contribution in [0, 0.1) is 11.8 Å². The lowest BCUT2D eigenvalue weighted by molar-refractivity contribution is -0.131. The Morgan fingerprint density at radius 3 is 2.40 bits per heavy atom. The molecular weight excluding hydrogens is 316 g/mol. The topological polar surface area (TPSA) is 46.3 Å². The number of rotatable bonds is 7. The number of amides is 1. The van der Waals surface area contributed by atoms with Crippen molar-refractivity contribution in [2.75, 3.05) is 13.6 Å². The first-order valence-corrected chi connectivity index (χ1v) is 7.90. The Balaban J connectivity index is 2.51. The molecule has 20 heavy (non-hydrogen) atoms. The number of hydrogen-bond donors (Lipinski definition) is 1. The van der Waals surface area contributed by atoms with Gasteiger partial charge in [0.05, 0.1) is 0 Å². The zero-order chi connectivity index (χ0) is 15.1. The molecule has 1 aromatic rings. The summed E-state index contributed by atoms with van der Waals surface area (Å²) in [5.74, 6) is 1.03. The summed E-state index contributed by atoms with van der Waals surface area (Å²) >= 11 is 3.41.